The van der Waals surface area contributed by atoms with Crippen LogP contribution in [0.15, 0.2) is 18.2 Å². The van der Waals surface area contributed by atoms with Gasteiger partial charge in [-0.05, 0) is 37.6 Å². The molecule has 1 heterocycles. The smallest absolute Gasteiger partial charge is 0.228 e. The largest absolute Gasteiger partial charge is 0.326 e. The van der Waals surface area contributed by atoms with Crippen molar-refractivity contribution in [3.63, 3.8) is 0 Å². The summed E-state index contributed by atoms with van der Waals surface area (Å²) in [6.45, 7) is 1.73. The van der Waals surface area contributed by atoms with Crippen LogP contribution in [0.5, 0.6) is 0 Å². The zero-order valence-corrected chi connectivity index (χ0v) is 10.8. The number of hydrogen-bond acceptors (Lipinski definition) is 2. The number of amides is 1. The van der Waals surface area contributed by atoms with Crippen LogP contribution in [0.1, 0.15) is 12.8 Å². The van der Waals surface area contributed by atoms with Crippen molar-refractivity contribution in [1.82, 2.24) is 5.32 Å². The van der Waals surface area contributed by atoms with Gasteiger partial charge in [0.2, 0.25) is 5.91 Å². The summed E-state index contributed by atoms with van der Waals surface area (Å²) >= 11 is 11.7. The van der Waals surface area contributed by atoms with Crippen molar-refractivity contribution in [2.75, 3.05) is 18.4 Å². The van der Waals surface area contributed by atoms with E-state index in [0.717, 1.165) is 25.9 Å². The molecule has 0 unspecified atom stereocenters. The van der Waals surface area contributed by atoms with E-state index in [1.165, 1.54) is 0 Å². The number of anilines is 1. The minimum Gasteiger partial charge on any atom is -0.326 e. The molecule has 17 heavy (non-hydrogen) atoms. The van der Waals surface area contributed by atoms with E-state index in [1.807, 2.05) is 0 Å². The van der Waals surface area contributed by atoms with Crippen LogP contribution >= 0.6 is 23.2 Å². The Balaban J connectivity index is 2.01. The molecule has 1 saturated heterocycles. The Bertz CT molecular complexity index is 397. The van der Waals surface area contributed by atoms with Gasteiger partial charge in [0, 0.05) is 22.3 Å². The summed E-state index contributed by atoms with van der Waals surface area (Å²) in [5.41, 5.74) is 0.651. The molecule has 1 fully saturated rings. The highest BCUT2D eigenvalue weighted by Crippen LogP contribution is 2.23. The van der Waals surface area contributed by atoms with Gasteiger partial charge < -0.3 is 10.6 Å². The number of piperidine rings is 1. The number of carbonyl (C=O) groups is 1. The molecule has 1 aromatic rings. The zero-order valence-electron chi connectivity index (χ0n) is 9.30. The van der Waals surface area contributed by atoms with Crippen molar-refractivity contribution in [1.29, 1.82) is 0 Å². The maximum absolute atomic E-state index is 12.0. The minimum absolute atomic E-state index is 0.0236. The van der Waals surface area contributed by atoms with Crippen molar-refractivity contribution in [3.8, 4) is 0 Å². The fraction of sp³-hybridized carbons (Fsp3) is 0.417. The first-order valence-corrected chi connectivity index (χ1v) is 6.38. The Morgan fingerprint density at radius 1 is 1.29 bits per heavy atom. The standard InChI is InChI=1S/C12H14Cl2N2O/c13-9-4-10(14)6-11(5-9)16-12(17)8-2-1-3-15-7-8/h4-6,8,15H,1-3,7H2,(H,16,17)/t8-/m1/s1. The van der Waals surface area contributed by atoms with Gasteiger partial charge in [-0.1, -0.05) is 23.2 Å². The Labute approximate surface area is 110 Å². The SMILES string of the molecule is O=C(Nc1cc(Cl)cc(Cl)c1)[C@@H]1CCCNC1. The first-order chi connectivity index (χ1) is 8.15. The molecule has 1 aliphatic rings. The second-order valence-electron chi connectivity index (χ2n) is 4.19. The predicted molar refractivity (Wildman–Crippen MR) is 70.7 cm³/mol. The van der Waals surface area contributed by atoms with Crippen LogP contribution in [0.25, 0.3) is 0 Å². The molecule has 0 bridgehead atoms. The zero-order chi connectivity index (χ0) is 12.3. The van der Waals surface area contributed by atoms with Gasteiger partial charge in [0.25, 0.3) is 0 Å². The quantitative estimate of drug-likeness (QED) is 0.869. The molecule has 2 rings (SSSR count). The van der Waals surface area contributed by atoms with Gasteiger partial charge in [-0.3, -0.25) is 4.79 Å². The van der Waals surface area contributed by atoms with Gasteiger partial charge in [0.05, 0.1) is 5.92 Å². The van der Waals surface area contributed by atoms with Crippen molar-refractivity contribution in [2.24, 2.45) is 5.92 Å². The van der Waals surface area contributed by atoms with Crippen LogP contribution in [0.2, 0.25) is 10.0 Å². The van der Waals surface area contributed by atoms with Gasteiger partial charge in [-0.25, -0.2) is 0 Å². The van der Waals surface area contributed by atoms with Crippen LogP contribution < -0.4 is 10.6 Å². The molecule has 0 radical (unpaired) electrons. The summed E-state index contributed by atoms with van der Waals surface area (Å²) in [6, 6.07) is 5.03. The fourth-order valence-electron chi connectivity index (χ4n) is 1.95. The molecule has 1 aromatic carbocycles. The molecule has 1 amide bonds. The van der Waals surface area contributed by atoms with E-state index >= 15 is 0 Å². The first kappa shape index (κ1) is 12.7. The highest BCUT2D eigenvalue weighted by atomic mass is 35.5. The average molecular weight is 273 g/mol. The summed E-state index contributed by atoms with van der Waals surface area (Å²) in [7, 11) is 0. The molecule has 3 nitrogen and oxygen atoms in total. The van der Waals surface area contributed by atoms with E-state index in [1.54, 1.807) is 18.2 Å². The van der Waals surface area contributed by atoms with E-state index in [-0.39, 0.29) is 11.8 Å². The lowest BCUT2D eigenvalue weighted by atomic mass is 9.99. The number of halogens is 2. The van der Waals surface area contributed by atoms with E-state index in [9.17, 15) is 4.79 Å². The molecule has 0 spiro atoms. The van der Waals surface area contributed by atoms with Crippen molar-refractivity contribution in [2.45, 2.75) is 12.8 Å². The van der Waals surface area contributed by atoms with Crippen LogP contribution in [-0.4, -0.2) is 19.0 Å². The predicted octanol–water partition coefficient (Wildman–Crippen LogP) is 2.93. The number of benzene rings is 1. The summed E-state index contributed by atoms with van der Waals surface area (Å²) in [4.78, 5) is 12.0. The second kappa shape index (κ2) is 5.71. The lowest BCUT2D eigenvalue weighted by molar-refractivity contribution is -0.120. The van der Waals surface area contributed by atoms with E-state index < -0.39 is 0 Å². The summed E-state index contributed by atoms with van der Waals surface area (Å²) in [5.74, 6) is 0.0528. The van der Waals surface area contributed by atoms with Crippen LogP contribution in [0.3, 0.4) is 0 Å². The molecule has 0 aromatic heterocycles. The number of hydrogen-bond donors (Lipinski definition) is 2. The molecular formula is C12H14Cl2N2O. The normalized spacial score (nSPS) is 20.0. The van der Waals surface area contributed by atoms with Crippen LogP contribution in [0.4, 0.5) is 5.69 Å². The van der Waals surface area contributed by atoms with E-state index in [0.29, 0.717) is 15.7 Å². The summed E-state index contributed by atoms with van der Waals surface area (Å²) in [5, 5.41) is 7.10. The third-order valence-electron chi connectivity index (χ3n) is 2.80. The highest BCUT2D eigenvalue weighted by Gasteiger charge is 2.20. The Morgan fingerprint density at radius 2 is 2.00 bits per heavy atom. The lowest BCUT2D eigenvalue weighted by Crippen LogP contribution is -2.37. The first-order valence-electron chi connectivity index (χ1n) is 5.63. The number of carbonyl (C=O) groups excluding carboxylic acids is 1. The molecule has 92 valence electrons. The maximum atomic E-state index is 12.0. The fourth-order valence-corrected chi connectivity index (χ4v) is 2.47. The lowest BCUT2D eigenvalue weighted by Gasteiger charge is -2.21. The Morgan fingerprint density at radius 3 is 2.59 bits per heavy atom. The molecule has 1 aliphatic heterocycles. The van der Waals surface area contributed by atoms with Gasteiger partial charge >= 0.3 is 0 Å². The van der Waals surface area contributed by atoms with Crippen molar-refractivity contribution >= 4 is 34.8 Å². The molecule has 0 saturated carbocycles. The average Bonchev–Trinajstić information content (AvgIpc) is 2.28. The van der Waals surface area contributed by atoms with Crippen molar-refractivity contribution < 1.29 is 4.79 Å². The maximum Gasteiger partial charge on any atom is 0.228 e. The van der Waals surface area contributed by atoms with Crippen LogP contribution in [0, 0.1) is 5.92 Å². The minimum atomic E-state index is 0.0236. The Hall–Kier alpha value is -0.770. The van der Waals surface area contributed by atoms with Crippen LogP contribution in [-0.2, 0) is 4.79 Å². The van der Waals surface area contributed by atoms with E-state index in [2.05, 4.69) is 10.6 Å². The molecule has 1 atom stereocenters. The topological polar surface area (TPSA) is 41.1 Å². The van der Waals surface area contributed by atoms with Gasteiger partial charge in [-0.15, -0.1) is 0 Å². The second-order valence-corrected chi connectivity index (χ2v) is 5.06. The molecular weight excluding hydrogens is 259 g/mol. The Kier molecular flexibility index (Phi) is 4.26. The third kappa shape index (κ3) is 3.60. The summed E-state index contributed by atoms with van der Waals surface area (Å²) in [6.07, 6.45) is 1.96. The van der Waals surface area contributed by atoms with Gasteiger partial charge in [-0.2, -0.15) is 0 Å². The number of rotatable bonds is 2. The summed E-state index contributed by atoms with van der Waals surface area (Å²) < 4.78 is 0. The molecule has 0 aliphatic carbocycles. The molecule has 5 heteroatoms. The monoisotopic (exact) mass is 272 g/mol. The number of nitrogens with one attached hydrogen (secondary N) is 2. The highest BCUT2D eigenvalue weighted by molar-refractivity contribution is 6.35. The molecule has 2 N–H and O–H groups in total. The van der Waals surface area contributed by atoms with Gasteiger partial charge in [0.1, 0.15) is 0 Å². The van der Waals surface area contributed by atoms with Crippen molar-refractivity contribution in [3.05, 3.63) is 28.2 Å². The van der Waals surface area contributed by atoms with E-state index in [4.69, 9.17) is 23.2 Å². The third-order valence-corrected chi connectivity index (χ3v) is 3.23. The van der Waals surface area contributed by atoms with Gasteiger partial charge in [0.15, 0.2) is 0 Å².